The van der Waals surface area contributed by atoms with Crippen molar-refractivity contribution in [2.75, 3.05) is 18.9 Å². The van der Waals surface area contributed by atoms with Crippen molar-refractivity contribution < 1.29 is 14.7 Å². The van der Waals surface area contributed by atoms with Crippen LogP contribution in [0.15, 0.2) is 18.3 Å². The van der Waals surface area contributed by atoms with E-state index in [0.717, 1.165) is 12.8 Å². The van der Waals surface area contributed by atoms with Gasteiger partial charge in [0.1, 0.15) is 0 Å². The van der Waals surface area contributed by atoms with Crippen LogP contribution in [-0.2, 0) is 0 Å². The Morgan fingerprint density at radius 3 is 2.89 bits per heavy atom. The molecule has 0 saturated heterocycles. The summed E-state index contributed by atoms with van der Waals surface area (Å²) in [6, 6.07) is 2.81. The molecule has 1 aliphatic rings. The van der Waals surface area contributed by atoms with Crippen LogP contribution in [0.25, 0.3) is 0 Å². The number of aromatic nitrogens is 1. The summed E-state index contributed by atoms with van der Waals surface area (Å²) in [5, 5.41) is 11.5. The first-order valence-corrected chi connectivity index (χ1v) is 5.78. The van der Waals surface area contributed by atoms with E-state index in [0.29, 0.717) is 12.5 Å². The number of carboxylic acid groups (broad SMARTS) is 1. The van der Waals surface area contributed by atoms with E-state index in [1.54, 1.807) is 18.0 Å². The maximum atomic E-state index is 11.8. The molecule has 0 aliphatic heterocycles. The Kier molecular flexibility index (Phi) is 3.45. The van der Waals surface area contributed by atoms with Gasteiger partial charge in [0.25, 0.3) is 0 Å². The number of carbonyl (C=O) groups is 2. The van der Waals surface area contributed by atoms with Crippen LogP contribution in [0.5, 0.6) is 0 Å². The molecule has 0 atom stereocenters. The monoisotopic (exact) mass is 249 g/mol. The lowest BCUT2D eigenvalue weighted by molar-refractivity contribution is 0.0691. The molecule has 0 spiro atoms. The Bertz CT molecular complexity index is 471. The molecule has 0 aromatic carbocycles. The summed E-state index contributed by atoms with van der Waals surface area (Å²) in [7, 11) is 1.70. The van der Waals surface area contributed by atoms with E-state index in [9.17, 15) is 9.59 Å². The lowest BCUT2D eigenvalue weighted by Crippen LogP contribution is -2.33. The van der Waals surface area contributed by atoms with Gasteiger partial charge < -0.3 is 15.3 Å². The van der Waals surface area contributed by atoms with Crippen molar-refractivity contribution >= 4 is 17.7 Å². The Balaban J connectivity index is 2.03. The topological polar surface area (TPSA) is 82.5 Å². The maximum absolute atomic E-state index is 11.8. The molecule has 0 unspecified atom stereocenters. The normalized spacial score (nSPS) is 14.1. The summed E-state index contributed by atoms with van der Waals surface area (Å²) < 4.78 is 0. The minimum absolute atomic E-state index is 0.148. The summed E-state index contributed by atoms with van der Waals surface area (Å²) in [5.74, 6) is -0.565. The number of nitrogens with one attached hydrogen (secondary N) is 1. The quantitative estimate of drug-likeness (QED) is 0.850. The molecule has 1 heterocycles. The van der Waals surface area contributed by atoms with Crippen molar-refractivity contribution in [1.82, 2.24) is 9.88 Å². The molecular formula is C12H15N3O3. The predicted octanol–water partition coefficient (Wildman–Crippen LogP) is 1.65. The smallest absolute Gasteiger partial charge is 0.356 e. The first kappa shape index (κ1) is 12.3. The number of hydrogen-bond acceptors (Lipinski definition) is 3. The summed E-state index contributed by atoms with van der Waals surface area (Å²) in [4.78, 5) is 28.1. The largest absolute Gasteiger partial charge is 0.476 e. The van der Waals surface area contributed by atoms with Crippen molar-refractivity contribution in [3.05, 3.63) is 24.0 Å². The Morgan fingerprint density at radius 1 is 1.56 bits per heavy atom. The first-order chi connectivity index (χ1) is 8.58. The van der Waals surface area contributed by atoms with Gasteiger partial charge in [-0.25, -0.2) is 14.6 Å². The molecule has 0 radical (unpaired) electrons. The highest BCUT2D eigenvalue weighted by molar-refractivity contribution is 5.98. The van der Waals surface area contributed by atoms with Crippen LogP contribution >= 0.6 is 0 Å². The molecule has 1 aromatic heterocycles. The van der Waals surface area contributed by atoms with Gasteiger partial charge in [0, 0.05) is 19.8 Å². The van der Waals surface area contributed by atoms with E-state index >= 15 is 0 Å². The van der Waals surface area contributed by atoms with Gasteiger partial charge in [-0.05, 0) is 30.9 Å². The minimum atomic E-state index is -1.16. The van der Waals surface area contributed by atoms with Gasteiger partial charge in [-0.2, -0.15) is 0 Å². The molecule has 6 nitrogen and oxygen atoms in total. The standard InChI is InChI=1S/C12H15N3O3/c1-15(7-8-4-5-8)12(18)14-9-3-2-6-13-10(9)11(16)17/h2-3,6,8H,4-5,7H2,1H3,(H,14,18)(H,16,17). The Hall–Kier alpha value is -2.11. The number of hydrogen-bond donors (Lipinski definition) is 2. The fraction of sp³-hybridized carbons (Fsp3) is 0.417. The summed E-state index contributed by atoms with van der Waals surface area (Å²) in [6.45, 7) is 0.703. The summed E-state index contributed by atoms with van der Waals surface area (Å²) >= 11 is 0. The fourth-order valence-electron chi connectivity index (χ4n) is 1.66. The third-order valence-corrected chi connectivity index (χ3v) is 2.83. The molecule has 18 heavy (non-hydrogen) atoms. The SMILES string of the molecule is CN(CC1CC1)C(=O)Nc1cccnc1C(=O)O. The number of amides is 2. The van der Waals surface area contributed by atoms with Gasteiger partial charge in [-0.3, -0.25) is 0 Å². The number of aromatic carboxylic acids is 1. The number of nitrogens with zero attached hydrogens (tertiary/aromatic N) is 2. The van der Waals surface area contributed by atoms with Crippen LogP contribution in [0.3, 0.4) is 0 Å². The van der Waals surface area contributed by atoms with Crippen LogP contribution in [0.4, 0.5) is 10.5 Å². The van der Waals surface area contributed by atoms with Gasteiger partial charge in [0.15, 0.2) is 5.69 Å². The average molecular weight is 249 g/mol. The lowest BCUT2D eigenvalue weighted by Gasteiger charge is -2.18. The zero-order valence-corrected chi connectivity index (χ0v) is 10.1. The van der Waals surface area contributed by atoms with Gasteiger partial charge in [0.05, 0.1) is 5.69 Å². The lowest BCUT2D eigenvalue weighted by atomic mass is 10.3. The summed E-state index contributed by atoms with van der Waals surface area (Å²) in [5.41, 5.74) is 0.0725. The van der Waals surface area contributed by atoms with Gasteiger partial charge in [-0.15, -0.1) is 0 Å². The molecular weight excluding hydrogens is 234 g/mol. The number of carboxylic acids is 1. The average Bonchev–Trinajstić information content (AvgIpc) is 3.13. The van der Waals surface area contributed by atoms with Crippen molar-refractivity contribution in [2.45, 2.75) is 12.8 Å². The highest BCUT2D eigenvalue weighted by Gasteiger charge is 2.25. The van der Waals surface area contributed by atoms with E-state index in [1.165, 1.54) is 12.3 Å². The number of pyridine rings is 1. The first-order valence-electron chi connectivity index (χ1n) is 5.78. The third-order valence-electron chi connectivity index (χ3n) is 2.83. The molecule has 96 valence electrons. The number of urea groups is 1. The minimum Gasteiger partial charge on any atom is -0.476 e. The van der Waals surface area contributed by atoms with E-state index in [4.69, 9.17) is 5.11 Å². The molecule has 2 amide bonds. The zero-order chi connectivity index (χ0) is 13.1. The second kappa shape index (κ2) is 5.03. The predicted molar refractivity (Wildman–Crippen MR) is 65.6 cm³/mol. The zero-order valence-electron chi connectivity index (χ0n) is 10.1. The Morgan fingerprint density at radius 2 is 2.28 bits per heavy atom. The molecule has 1 aliphatic carbocycles. The van der Waals surface area contributed by atoms with Crippen LogP contribution in [-0.4, -0.2) is 40.6 Å². The van der Waals surface area contributed by atoms with Crippen LogP contribution < -0.4 is 5.32 Å². The van der Waals surface area contributed by atoms with E-state index in [2.05, 4.69) is 10.3 Å². The van der Waals surface area contributed by atoms with Crippen molar-refractivity contribution in [3.8, 4) is 0 Å². The highest BCUT2D eigenvalue weighted by Crippen LogP contribution is 2.29. The van der Waals surface area contributed by atoms with Gasteiger partial charge >= 0.3 is 12.0 Å². The molecule has 1 saturated carbocycles. The second-order valence-electron chi connectivity index (χ2n) is 4.46. The molecule has 1 aromatic rings. The molecule has 6 heteroatoms. The molecule has 2 N–H and O–H groups in total. The fourth-order valence-corrected chi connectivity index (χ4v) is 1.66. The number of rotatable bonds is 4. The van der Waals surface area contributed by atoms with Crippen LogP contribution in [0, 0.1) is 5.92 Å². The third kappa shape index (κ3) is 2.97. The van der Waals surface area contributed by atoms with E-state index in [-0.39, 0.29) is 17.4 Å². The molecule has 1 fully saturated rings. The number of carbonyl (C=O) groups excluding carboxylic acids is 1. The highest BCUT2D eigenvalue weighted by atomic mass is 16.4. The van der Waals surface area contributed by atoms with Crippen LogP contribution in [0.2, 0.25) is 0 Å². The van der Waals surface area contributed by atoms with Crippen molar-refractivity contribution in [2.24, 2.45) is 5.92 Å². The van der Waals surface area contributed by atoms with Crippen molar-refractivity contribution in [1.29, 1.82) is 0 Å². The molecule has 2 rings (SSSR count). The molecule has 0 bridgehead atoms. The van der Waals surface area contributed by atoms with Gasteiger partial charge in [-0.1, -0.05) is 0 Å². The second-order valence-corrected chi connectivity index (χ2v) is 4.46. The van der Waals surface area contributed by atoms with E-state index < -0.39 is 5.97 Å². The van der Waals surface area contributed by atoms with Gasteiger partial charge in [0.2, 0.25) is 0 Å². The van der Waals surface area contributed by atoms with E-state index in [1.807, 2.05) is 0 Å². The maximum Gasteiger partial charge on any atom is 0.356 e. The summed E-state index contributed by atoms with van der Waals surface area (Å²) in [6.07, 6.45) is 3.70. The van der Waals surface area contributed by atoms with Crippen molar-refractivity contribution in [3.63, 3.8) is 0 Å². The number of anilines is 1. The van der Waals surface area contributed by atoms with Crippen LogP contribution in [0.1, 0.15) is 23.3 Å². The Labute approximate surface area is 105 Å².